The number of hydrogen-bond donors (Lipinski definition) is 2. The van der Waals surface area contributed by atoms with Gasteiger partial charge in [-0.1, -0.05) is 35.9 Å². The fourth-order valence-corrected chi connectivity index (χ4v) is 2.62. The molecule has 3 aromatic rings. The number of aromatic nitrogens is 1. The molecule has 0 amide bonds. The van der Waals surface area contributed by atoms with Crippen LogP contribution in [0.4, 0.5) is 5.69 Å². The SMILES string of the molecule is CCOc1cccc(NCc2[nH]c3ccccc3c2Cl)c1. The molecule has 0 aliphatic rings. The summed E-state index contributed by atoms with van der Waals surface area (Å²) in [6.07, 6.45) is 0. The Morgan fingerprint density at radius 2 is 2.00 bits per heavy atom. The van der Waals surface area contributed by atoms with E-state index < -0.39 is 0 Å². The molecule has 1 aromatic heterocycles. The van der Waals surface area contributed by atoms with Crippen LogP contribution in [0.2, 0.25) is 5.02 Å². The van der Waals surface area contributed by atoms with Gasteiger partial charge in [0.2, 0.25) is 0 Å². The van der Waals surface area contributed by atoms with Crippen molar-refractivity contribution in [1.29, 1.82) is 0 Å². The van der Waals surface area contributed by atoms with Gasteiger partial charge >= 0.3 is 0 Å². The molecule has 3 rings (SSSR count). The van der Waals surface area contributed by atoms with Crippen molar-refractivity contribution in [3.8, 4) is 5.75 Å². The topological polar surface area (TPSA) is 37.0 Å². The molecule has 0 aliphatic heterocycles. The first-order chi connectivity index (χ1) is 10.3. The summed E-state index contributed by atoms with van der Waals surface area (Å²) >= 11 is 6.41. The van der Waals surface area contributed by atoms with Crippen molar-refractivity contribution in [2.75, 3.05) is 11.9 Å². The quantitative estimate of drug-likeness (QED) is 0.708. The largest absolute Gasteiger partial charge is 0.494 e. The fourth-order valence-electron chi connectivity index (χ4n) is 2.34. The van der Waals surface area contributed by atoms with Crippen LogP contribution < -0.4 is 10.1 Å². The van der Waals surface area contributed by atoms with E-state index in [-0.39, 0.29) is 0 Å². The van der Waals surface area contributed by atoms with Crippen molar-refractivity contribution in [3.05, 3.63) is 59.2 Å². The summed E-state index contributed by atoms with van der Waals surface area (Å²) in [5, 5.41) is 5.20. The molecular formula is C17H17ClN2O. The number of ether oxygens (including phenoxy) is 1. The smallest absolute Gasteiger partial charge is 0.121 e. The maximum atomic E-state index is 6.41. The zero-order valence-corrected chi connectivity index (χ0v) is 12.6. The molecule has 2 N–H and O–H groups in total. The lowest BCUT2D eigenvalue weighted by Gasteiger charge is -2.08. The summed E-state index contributed by atoms with van der Waals surface area (Å²) in [7, 11) is 0. The number of anilines is 1. The van der Waals surface area contributed by atoms with Crippen LogP contribution in [0.25, 0.3) is 10.9 Å². The van der Waals surface area contributed by atoms with Gasteiger partial charge in [-0.25, -0.2) is 0 Å². The summed E-state index contributed by atoms with van der Waals surface area (Å²) in [5.74, 6) is 0.866. The van der Waals surface area contributed by atoms with E-state index in [1.54, 1.807) is 0 Å². The van der Waals surface area contributed by atoms with Gasteiger partial charge in [0.25, 0.3) is 0 Å². The molecule has 0 fully saturated rings. The van der Waals surface area contributed by atoms with E-state index in [0.29, 0.717) is 13.2 Å². The average Bonchev–Trinajstić information content (AvgIpc) is 2.83. The molecule has 108 valence electrons. The van der Waals surface area contributed by atoms with Crippen LogP contribution in [-0.2, 0) is 6.54 Å². The second-order valence-electron chi connectivity index (χ2n) is 4.78. The molecule has 0 saturated carbocycles. The first-order valence-corrected chi connectivity index (χ1v) is 7.37. The van der Waals surface area contributed by atoms with Crippen LogP contribution in [0.3, 0.4) is 0 Å². The van der Waals surface area contributed by atoms with Gasteiger partial charge in [-0.3, -0.25) is 0 Å². The third kappa shape index (κ3) is 2.98. The molecule has 3 nitrogen and oxygen atoms in total. The Labute approximate surface area is 128 Å². The molecule has 0 saturated heterocycles. The van der Waals surface area contributed by atoms with E-state index in [4.69, 9.17) is 16.3 Å². The summed E-state index contributed by atoms with van der Waals surface area (Å²) in [5.41, 5.74) is 3.05. The molecule has 1 heterocycles. The van der Waals surface area contributed by atoms with Crippen LogP contribution in [0, 0.1) is 0 Å². The van der Waals surface area contributed by atoms with Gasteiger partial charge in [-0.15, -0.1) is 0 Å². The third-order valence-electron chi connectivity index (χ3n) is 3.33. The molecule has 0 bridgehead atoms. The van der Waals surface area contributed by atoms with E-state index in [9.17, 15) is 0 Å². The predicted octanol–water partition coefficient (Wildman–Crippen LogP) is 4.83. The highest BCUT2D eigenvalue weighted by Gasteiger charge is 2.08. The molecule has 0 unspecified atom stereocenters. The Hall–Kier alpha value is -2.13. The highest BCUT2D eigenvalue weighted by molar-refractivity contribution is 6.36. The number of aromatic amines is 1. The number of rotatable bonds is 5. The van der Waals surface area contributed by atoms with Crippen LogP contribution in [0.15, 0.2) is 48.5 Å². The number of nitrogens with one attached hydrogen (secondary N) is 2. The number of H-pyrrole nitrogens is 1. The molecule has 2 aromatic carbocycles. The molecule has 0 atom stereocenters. The maximum Gasteiger partial charge on any atom is 0.121 e. The highest BCUT2D eigenvalue weighted by atomic mass is 35.5. The lowest BCUT2D eigenvalue weighted by molar-refractivity contribution is 0.340. The van der Waals surface area contributed by atoms with Gasteiger partial charge in [0, 0.05) is 22.7 Å². The Bertz CT molecular complexity index is 751. The molecule has 0 aliphatic carbocycles. The number of benzene rings is 2. The minimum Gasteiger partial charge on any atom is -0.494 e. The Kier molecular flexibility index (Phi) is 4.02. The van der Waals surface area contributed by atoms with Crippen LogP contribution >= 0.6 is 11.6 Å². The number of para-hydroxylation sites is 1. The van der Waals surface area contributed by atoms with Gasteiger partial charge in [0.05, 0.1) is 23.9 Å². The molecule has 21 heavy (non-hydrogen) atoms. The molecule has 0 radical (unpaired) electrons. The minimum atomic E-state index is 0.642. The summed E-state index contributed by atoms with van der Waals surface area (Å²) in [4.78, 5) is 3.35. The molecular weight excluding hydrogens is 284 g/mol. The number of halogens is 1. The fraction of sp³-hybridized carbons (Fsp3) is 0.176. The van der Waals surface area contributed by atoms with Crippen LogP contribution in [-0.4, -0.2) is 11.6 Å². The maximum absolute atomic E-state index is 6.41. The van der Waals surface area contributed by atoms with Gasteiger partial charge in [0.1, 0.15) is 5.75 Å². The lowest BCUT2D eigenvalue weighted by atomic mass is 10.2. The van der Waals surface area contributed by atoms with Crippen molar-refractivity contribution < 1.29 is 4.74 Å². The highest BCUT2D eigenvalue weighted by Crippen LogP contribution is 2.28. The summed E-state index contributed by atoms with van der Waals surface area (Å²) in [6, 6.07) is 16.0. The van der Waals surface area contributed by atoms with Crippen molar-refractivity contribution in [3.63, 3.8) is 0 Å². The van der Waals surface area contributed by atoms with Crippen LogP contribution in [0.5, 0.6) is 5.75 Å². The minimum absolute atomic E-state index is 0.642. The van der Waals surface area contributed by atoms with Gasteiger partial charge in [-0.05, 0) is 25.1 Å². The van der Waals surface area contributed by atoms with Gasteiger partial charge in [-0.2, -0.15) is 0 Å². The van der Waals surface area contributed by atoms with E-state index in [0.717, 1.165) is 33.1 Å². The van der Waals surface area contributed by atoms with Crippen molar-refractivity contribution in [2.45, 2.75) is 13.5 Å². The summed E-state index contributed by atoms with van der Waals surface area (Å²) in [6.45, 7) is 3.28. The Balaban J connectivity index is 1.77. The number of hydrogen-bond acceptors (Lipinski definition) is 2. The predicted molar refractivity (Wildman–Crippen MR) is 88.2 cm³/mol. The second kappa shape index (κ2) is 6.10. The zero-order chi connectivity index (χ0) is 14.7. The monoisotopic (exact) mass is 300 g/mol. The van der Waals surface area contributed by atoms with Crippen molar-refractivity contribution >= 4 is 28.2 Å². The zero-order valence-electron chi connectivity index (χ0n) is 11.8. The van der Waals surface area contributed by atoms with Gasteiger partial charge < -0.3 is 15.0 Å². The third-order valence-corrected chi connectivity index (χ3v) is 3.76. The van der Waals surface area contributed by atoms with E-state index in [1.807, 2.05) is 55.5 Å². The van der Waals surface area contributed by atoms with Crippen molar-refractivity contribution in [1.82, 2.24) is 4.98 Å². The average molecular weight is 301 g/mol. The normalized spacial score (nSPS) is 10.8. The van der Waals surface area contributed by atoms with Crippen molar-refractivity contribution in [2.24, 2.45) is 0 Å². The Morgan fingerprint density at radius 1 is 1.14 bits per heavy atom. The van der Waals surface area contributed by atoms with E-state index >= 15 is 0 Å². The lowest BCUT2D eigenvalue weighted by Crippen LogP contribution is -2.00. The first kappa shape index (κ1) is 13.8. The number of fused-ring (bicyclic) bond motifs is 1. The van der Waals surface area contributed by atoms with E-state index in [1.165, 1.54) is 0 Å². The molecule has 0 spiro atoms. The van der Waals surface area contributed by atoms with Gasteiger partial charge in [0.15, 0.2) is 0 Å². The second-order valence-corrected chi connectivity index (χ2v) is 5.16. The van der Waals surface area contributed by atoms with E-state index in [2.05, 4.69) is 10.3 Å². The van der Waals surface area contributed by atoms with Crippen LogP contribution in [0.1, 0.15) is 12.6 Å². The Morgan fingerprint density at radius 3 is 2.81 bits per heavy atom. The molecule has 4 heteroatoms. The summed E-state index contributed by atoms with van der Waals surface area (Å²) < 4.78 is 5.50. The standard InChI is InChI=1S/C17H17ClN2O/c1-2-21-13-7-5-6-12(10-13)19-11-16-17(18)14-8-3-4-9-15(14)20-16/h3-10,19-20H,2,11H2,1H3. The first-order valence-electron chi connectivity index (χ1n) is 6.99.